The van der Waals surface area contributed by atoms with E-state index in [1.807, 2.05) is 24.3 Å². The molecule has 1 heterocycles. The van der Waals surface area contributed by atoms with Crippen LogP contribution in [-0.4, -0.2) is 18.6 Å². The van der Waals surface area contributed by atoms with Crippen LogP contribution in [0.25, 0.3) is 0 Å². The number of aliphatic imine (C=N–C) groups is 1. The molecule has 0 aliphatic carbocycles. The molecule has 1 aliphatic rings. The van der Waals surface area contributed by atoms with Gasteiger partial charge in [-0.1, -0.05) is 0 Å². The number of fused-ring (bicyclic) bond motifs is 1. The van der Waals surface area contributed by atoms with Crippen LogP contribution in [0.2, 0.25) is 0 Å². The van der Waals surface area contributed by atoms with Crippen LogP contribution in [0.15, 0.2) is 52.4 Å². The van der Waals surface area contributed by atoms with Crippen molar-refractivity contribution in [3.05, 3.63) is 53.6 Å². The number of hydrogen-bond acceptors (Lipinski definition) is 3. The molecule has 7 heteroatoms. The highest BCUT2D eigenvalue weighted by atomic mass is 35.5. The van der Waals surface area contributed by atoms with E-state index in [1.54, 1.807) is 7.11 Å². The molecule has 0 amide bonds. The van der Waals surface area contributed by atoms with Crippen LogP contribution in [0.4, 0.5) is 18.9 Å². The minimum Gasteiger partial charge on any atom is -0.497 e. The SMILES string of the molecule is COc1ccc(C2=Nc3cc(C(F)(F)F)ccc3SC2)cc1.Cl. The molecular weight excluding hydrogens is 347 g/mol. The molecule has 0 unspecified atom stereocenters. The molecule has 2 aromatic carbocycles. The molecular formula is C16H13ClF3NOS. The Balaban J connectivity index is 0.00000192. The first-order valence-corrected chi connectivity index (χ1v) is 7.52. The molecule has 122 valence electrons. The van der Waals surface area contributed by atoms with Gasteiger partial charge in [0.2, 0.25) is 0 Å². The van der Waals surface area contributed by atoms with Gasteiger partial charge in [-0.25, -0.2) is 0 Å². The molecule has 0 radical (unpaired) electrons. The lowest BCUT2D eigenvalue weighted by molar-refractivity contribution is -0.137. The minimum absolute atomic E-state index is 0. The summed E-state index contributed by atoms with van der Waals surface area (Å²) in [5.41, 5.74) is 1.35. The molecule has 0 N–H and O–H groups in total. The highest BCUT2D eigenvalue weighted by Crippen LogP contribution is 2.39. The molecule has 1 aliphatic heterocycles. The summed E-state index contributed by atoms with van der Waals surface area (Å²) in [7, 11) is 1.58. The number of nitrogens with zero attached hydrogens (tertiary/aromatic N) is 1. The largest absolute Gasteiger partial charge is 0.497 e. The number of ether oxygens (including phenoxy) is 1. The fourth-order valence-corrected chi connectivity index (χ4v) is 3.10. The van der Waals surface area contributed by atoms with Crippen molar-refractivity contribution in [1.29, 1.82) is 0 Å². The van der Waals surface area contributed by atoms with Crippen LogP contribution in [0, 0.1) is 0 Å². The van der Waals surface area contributed by atoms with Crippen molar-refractivity contribution in [3.63, 3.8) is 0 Å². The van der Waals surface area contributed by atoms with Crippen molar-refractivity contribution in [1.82, 2.24) is 0 Å². The van der Waals surface area contributed by atoms with Gasteiger partial charge in [0.1, 0.15) is 5.75 Å². The lowest BCUT2D eigenvalue weighted by atomic mass is 10.1. The second-order valence-electron chi connectivity index (χ2n) is 4.76. The molecule has 2 nitrogen and oxygen atoms in total. The molecule has 0 atom stereocenters. The Kier molecular flexibility index (Phi) is 5.26. The number of halogens is 4. The van der Waals surface area contributed by atoms with Gasteiger partial charge >= 0.3 is 6.18 Å². The van der Waals surface area contributed by atoms with Crippen molar-refractivity contribution in [2.75, 3.05) is 12.9 Å². The van der Waals surface area contributed by atoms with Gasteiger partial charge < -0.3 is 4.74 Å². The Morgan fingerprint density at radius 3 is 2.39 bits per heavy atom. The van der Waals surface area contributed by atoms with Crippen LogP contribution in [0.3, 0.4) is 0 Å². The van der Waals surface area contributed by atoms with E-state index in [0.717, 1.165) is 34.1 Å². The topological polar surface area (TPSA) is 21.6 Å². The number of hydrogen-bond donors (Lipinski definition) is 0. The van der Waals surface area contributed by atoms with Gasteiger partial charge in [0.25, 0.3) is 0 Å². The number of thioether (sulfide) groups is 1. The monoisotopic (exact) mass is 359 g/mol. The van der Waals surface area contributed by atoms with E-state index in [4.69, 9.17) is 4.74 Å². The second kappa shape index (κ2) is 6.84. The molecule has 0 saturated heterocycles. The van der Waals surface area contributed by atoms with Gasteiger partial charge in [-0.3, -0.25) is 4.99 Å². The third-order valence-corrected chi connectivity index (χ3v) is 4.40. The minimum atomic E-state index is -4.35. The first-order valence-electron chi connectivity index (χ1n) is 6.53. The molecule has 0 aromatic heterocycles. The van der Waals surface area contributed by atoms with Crippen LogP contribution in [0.5, 0.6) is 5.75 Å². The fourth-order valence-electron chi connectivity index (χ4n) is 2.16. The summed E-state index contributed by atoms with van der Waals surface area (Å²) >= 11 is 1.49. The predicted molar refractivity (Wildman–Crippen MR) is 88.6 cm³/mol. The highest BCUT2D eigenvalue weighted by Gasteiger charge is 2.31. The summed E-state index contributed by atoms with van der Waals surface area (Å²) in [6.07, 6.45) is -4.35. The van der Waals surface area contributed by atoms with E-state index < -0.39 is 11.7 Å². The van der Waals surface area contributed by atoms with E-state index in [2.05, 4.69) is 4.99 Å². The molecule has 3 rings (SSSR count). The molecule has 0 fully saturated rings. The first-order chi connectivity index (χ1) is 10.5. The van der Waals surface area contributed by atoms with Gasteiger partial charge in [0.05, 0.1) is 24.1 Å². The summed E-state index contributed by atoms with van der Waals surface area (Å²) in [5, 5.41) is 0. The van der Waals surface area contributed by atoms with E-state index in [9.17, 15) is 13.2 Å². The molecule has 0 spiro atoms. The summed E-state index contributed by atoms with van der Waals surface area (Å²) in [6, 6.07) is 11.0. The maximum Gasteiger partial charge on any atom is 0.416 e. The Bertz CT molecular complexity index is 729. The van der Waals surface area contributed by atoms with Crippen LogP contribution in [0.1, 0.15) is 11.1 Å². The third-order valence-electron chi connectivity index (χ3n) is 3.33. The van der Waals surface area contributed by atoms with Crippen molar-refractivity contribution in [3.8, 4) is 5.75 Å². The standard InChI is InChI=1S/C16H12F3NOS.ClH/c1-21-12-5-2-10(3-6-12)14-9-22-15-7-4-11(16(17,18)19)8-13(15)20-14;/h2-8H,9H2,1H3;1H. The van der Waals surface area contributed by atoms with E-state index in [1.165, 1.54) is 17.8 Å². The maximum atomic E-state index is 12.8. The zero-order valence-corrected chi connectivity index (χ0v) is 13.7. The van der Waals surface area contributed by atoms with Gasteiger partial charge in [0, 0.05) is 10.6 Å². The summed E-state index contributed by atoms with van der Waals surface area (Å²) in [5.74, 6) is 1.36. The van der Waals surface area contributed by atoms with Gasteiger partial charge in [0.15, 0.2) is 0 Å². The van der Waals surface area contributed by atoms with Crippen molar-refractivity contribution < 1.29 is 17.9 Å². The number of benzene rings is 2. The number of rotatable bonds is 2. The quantitative estimate of drug-likeness (QED) is 0.719. The first kappa shape index (κ1) is 17.7. The summed E-state index contributed by atoms with van der Waals surface area (Å²) in [6.45, 7) is 0. The number of methoxy groups -OCH3 is 1. The Labute approximate surface area is 142 Å². The Hall–Kier alpha value is -1.66. The predicted octanol–water partition coefficient (Wildman–Crippen LogP) is 5.36. The highest BCUT2D eigenvalue weighted by molar-refractivity contribution is 8.00. The summed E-state index contributed by atoms with van der Waals surface area (Å²) < 4.78 is 43.5. The van der Waals surface area contributed by atoms with Crippen molar-refractivity contribution in [2.24, 2.45) is 4.99 Å². The molecule has 2 aromatic rings. The van der Waals surface area contributed by atoms with Crippen LogP contribution in [-0.2, 0) is 6.18 Å². The Morgan fingerprint density at radius 2 is 1.78 bits per heavy atom. The van der Waals surface area contributed by atoms with Crippen molar-refractivity contribution in [2.45, 2.75) is 11.1 Å². The van der Waals surface area contributed by atoms with Gasteiger partial charge in [-0.2, -0.15) is 13.2 Å². The van der Waals surface area contributed by atoms with E-state index >= 15 is 0 Å². The summed E-state index contributed by atoms with van der Waals surface area (Å²) in [4.78, 5) is 5.17. The van der Waals surface area contributed by atoms with Crippen LogP contribution >= 0.6 is 24.2 Å². The lowest BCUT2D eigenvalue weighted by Gasteiger charge is -2.17. The average Bonchev–Trinajstić information content (AvgIpc) is 2.53. The fraction of sp³-hybridized carbons (Fsp3) is 0.188. The second-order valence-corrected chi connectivity index (χ2v) is 5.77. The van der Waals surface area contributed by atoms with Gasteiger partial charge in [-0.15, -0.1) is 24.2 Å². The van der Waals surface area contributed by atoms with E-state index in [-0.39, 0.29) is 12.4 Å². The third kappa shape index (κ3) is 3.82. The molecule has 0 bridgehead atoms. The van der Waals surface area contributed by atoms with E-state index in [0.29, 0.717) is 11.4 Å². The Morgan fingerprint density at radius 1 is 1.09 bits per heavy atom. The van der Waals surface area contributed by atoms with Crippen LogP contribution < -0.4 is 4.74 Å². The van der Waals surface area contributed by atoms with Gasteiger partial charge in [-0.05, 0) is 48.0 Å². The molecule has 23 heavy (non-hydrogen) atoms. The maximum absolute atomic E-state index is 12.8. The lowest BCUT2D eigenvalue weighted by Crippen LogP contribution is -2.09. The number of alkyl halides is 3. The smallest absolute Gasteiger partial charge is 0.416 e. The molecule has 0 saturated carbocycles. The zero-order chi connectivity index (χ0) is 15.7. The zero-order valence-electron chi connectivity index (χ0n) is 12.1. The normalized spacial score (nSPS) is 13.7. The average molecular weight is 360 g/mol. The van der Waals surface area contributed by atoms with Crippen molar-refractivity contribution >= 4 is 35.6 Å².